The molecule has 0 radical (unpaired) electrons. The number of aliphatic carboxylic acids is 2. The number of likely N-dealkylation sites (tertiary alicyclic amines) is 1. The van der Waals surface area contributed by atoms with Gasteiger partial charge in [0.25, 0.3) is 5.91 Å². The topological polar surface area (TPSA) is 143 Å². The Morgan fingerprint density at radius 1 is 1.10 bits per heavy atom. The fourth-order valence-corrected chi connectivity index (χ4v) is 6.62. The lowest BCUT2D eigenvalue weighted by Crippen LogP contribution is -2.46. The second-order valence-electron chi connectivity index (χ2n) is 10.5. The van der Waals surface area contributed by atoms with Crippen LogP contribution in [0.4, 0.5) is 0 Å². The molecule has 1 aliphatic carbocycles. The number of thiophene rings is 1. The highest BCUT2D eigenvalue weighted by molar-refractivity contribution is 7.09. The van der Waals surface area contributed by atoms with Crippen molar-refractivity contribution >= 4 is 40.1 Å². The number of aromatic amines is 2. The van der Waals surface area contributed by atoms with Crippen LogP contribution in [0.25, 0.3) is 22.3 Å². The van der Waals surface area contributed by atoms with Crippen LogP contribution in [0.2, 0.25) is 0 Å². The molecule has 4 N–H and O–H groups in total. The summed E-state index contributed by atoms with van der Waals surface area (Å²) in [6.45, 7) is 5.95. The van der Waals surface area contributed by atoms with Gasteiger partial charge in [0.2, 0.25) is 0 Å². The molecule has 1 aromatic carbocycles. The second-order valence-corrected chi connectivity index (χ2v) is 11.6. The highest BCUT2D eigenvalue weighted by Gasteiger charge is 2.28. The lowest BCUT2D eigenvalue weighted by molar-refractivity contribution is -0.134. The molecule has 10 nitrogen and oxygen atoms in total. The molecule has 6 rings (SSSR count). The Labute approximate surface area is 247 Å². The molecular weight excluding hydrogens is 554 g/mol. The molecule has 42 heavy (non-hydrogen) atoms. The number of carbonyl (C=O) groups is 3. The van der Waals surface area contributed by atoms with Crippen molar-refractivity contribution in [3.05, 3.63) is 75.6 Å². The zero-order valence-electron chi connectivity index (χ0n) is 23.5. The lowest BCUT2D eigenvalue weighted by atomic mass is 10.0. The largest absolute Gasteiger partial charge is 0.478 e. The average Bonchev–Trinajstić information content (AvgIpc) is 3.74. The monoisotopic (exact) mass is 589 g/mol. The molecule has 1 saturated heterocycles. The van der Waals surface area contributed by atoms with Gasteiger partial charge < -0.3 is 20.1 Å². The SMILES string of the molecule is CCN(Cc1cccs1)C1CCN(C(=O)c2ccc3[nH]c4c(c3c2)CCCc2cn[nH]c2-4)CC1.O=C(O)/C=C/C(=O)O. The number of nitrogens with one attached hydrogen (secondary N) is 2. The van der Waals surface area contributed by atoms with Crippen LogP contribution < -0.4 is 0 Å². The van der Waals surface area contributed by atoms with E-state index >= 15 is 0 Å². The van der Waals surface area contributed by atoms with E-state index in [1.54, 1.807) is 0 Å². The van der Waals surface area contributed by atoms with Crippen molar-refractivity contribution in [1.29, 1.82) is 0 Å². The van der Waals surface area contributed by atoms with Crippen LogP contribution in [0.1, 0.15) is 52.5 Å². The van der Waals surface area contributed by atoms with Crippen molar-refractivity contribution < 1.29 is 24.6 Å². The van der Waals surface area contributed by atoms with E-state index in [0.717, 1.165) is 80.8 Å². The molecule has 0 spiro atoms. The predicted octanol–water partition coefficient (Wildman–Crippen LogP) is 4.95. The number of piperidine rings is 1. The molecule has 0 bridgehead atoms. The summed E-state index contributed by atoms with van der Waals surface area (Å²) in [4.78, 5) is 42.2. The summed E-state index contributed by atoms with van der Waals surface area (Å²) in [6.07, 6.45) is 8.27. The van der Waals surface area contributed by atoms with Gasteiger partial charge in [-0.1, -0.05) is 13.0 Å². The summed E-state index contributed by atoms with van der Waals surface area (Å²) >= 11 is 1.83. The number of amides is 1. The summed E-state index contributed by atoms with van der Waals surface area (Å²) in [7, 11) is 0. The van der Waals surface area contributed by atoms with Crippen molar-refractivity contribution in [2.24, 2.45) is 0 Å². The van der Waals surface area contributed by atoms with Gasteiger partial charge in [0.1, 0.15) is 0 Å². The minimum absolute atomic E-state index is 0.160. The predicted molar refractivity (Wildman–Crippen MR) is 162 cm³/mol. The molecule has 3 aromatic heterocycles. The average molecular weight is 590 g/mol. The van der Waals surface area contributed by atoms with E-state index in [0.29, 0.717) is 18.2 Å². The van der Waals surface area contributed by atoms with E-state index in [1.807, 2.05) is 23.6 Å². The maximum absolute atomic E-state index is 13.4. The number of hydrogen-bond acceptors (Lipinski definition) is 6. The number of hydrogen-bond donors (Lipinski definition) is 4. The minimum Gasteiger partial charge on any atom is -0.478 e. The van der Waals surface area contributed by atoms with Crippen molar-refractivity contribution in [2.45, 2.75) is 51.6 Å². The molecule has 1 amide bonds. The van der Waals surface area contributed by atoms with Gasteiger partial charge >= 0.3 is 11.9 Å². The molecular formula is C31H35N5O5S. The van der Waals surface area contributed by atoms with E-state index in [4.69, 9.17) is 10.2 Å². The van der Waals surface area contributed by atoms with Crippen molar-refractivity contribution in [3.63, 3.8) is 0 Å². The first-order valence-corrected chi connectivity index (χ1v) is 15.1. The molecule has 1 aliphatic heterocycles. The molecule has 2 aliphatic rings. The van der Waals surface area contributed by atoms with E-state index in [2.05, 4.69) is 61.6 Å². The smallest absolute Gasteiger partial charge is 0.328 e. The third-order valence-corrected chi connectivity index (χ3v) is 8.84. The first-order chi connectivity index (χ1) is 20.3. The third-order valence-electron chi connectivity index (χ3n) is 7.98. The number of nitrogens with zero attached hydrogens (tertiary/aromatic N) is 3. The third kappa shape index (κ3) is 6.63. The Balaban J connectivity index is 0.000000390. The minimum atomic E-state index is -1.26. The van der Waals surface area contributed by atoms with E-state index in [1.165, 1.54) is 21.4 Å². The van der Waals surface area contributed by atoms with Crippen LogP contribution in [0.3, 0.4) is 0 Å². The Morgan fingerprint density at radius 3 is 2.52 bits per heavy atom. The van der Waals surface area contributed by atoms with Crippen LogP contribution in [-0.2, 0) is 29.0 Å². The van der Waals surface area contributed by atoms with Gasteiger partial charge in [-0.15, -0.1) is 11.3 Å². The van der Waals surface area contributed by atoms with Crippen molar-refractivity contribution in [3.8, 4) is 11.4 Å². The molecule has 0 unspecified atom stereocenters. The van der Waals surface area contributed by atoms with Crippen LogP contribution in [0, 0.1) is 0 Å². The number of aromatic nitrogens is 3. The molecule has 1 fully saturated rings. The molecule has 0 saturated carbocycles. The zero-order chi connectivity index (χ0) is 29.6. The van der Waals surface area contributed by atoms with Crippen molar-refractivity contribution in [1.82, 2.24) is 25.0 Å². The Morgan fingerprint density at radius 2 is 1.86 bits per heavy atom. The summed E-state index contributed by atoms with van der Waals surface area (Å²) in [5.74, 6) is -2.35. The number of benzene rings is 1. The Hall–Kier alpha value is -4.22. The van der Waals surface area contributed by atoms with Gasteiger partial charge in [-0.05, 0) is 79.4 Å². The Kier molecular flexibility index (Phi) is 9.19. The number of rotatable bonds is 7. The normalized spacial score (nSPS) is 15.2. The second kappa shape index (κ2) is 13.2. The maximum atomic E-state index is 13.4. The van der Waals surface area contributed by atoms with Crippen LogP contribution in [0.5, 0.6) is 0 Å². The zero-order valence-corrected chi connectivity index (χ0v) is 24.3. The molecule has 11 heteroatoms. The van der Waals surface area contributed by atoms with Gasteiger partial charge in [-0.25, -0.2) is 9.59 Å². The van der Waals surface area contributed by atoms with Gasteiger partial charge in [-0.3, -0.25) is 14.8 Å². The summed E-state index contributed by atoms with van der Waals surface area (Å²) in [5.41, 5.74) is 6.70. The van der Waals surface area contributed by atoms with Gasteiger partial charge in [-0.2, -0.15) is 5.10 Å². The van der Waals surface area contributed by atoms with Gasteiger partial charge in [0.05, 0.1) is 17.6 Å². The highest BCUT2D eigenvalue weighted by Crippen LogP contribution is 2.36. The van der Waals surface area contributed by atoms with Crippen LogP contribution in [0.15, 0.2) is 54.1 Å². The number of fused-ring (bicyclic) bond motifs is 5. The first-order valence-electron chi connectivity index (χ1n) is 14.2. The first kappa shape index (κ1) is 29.3. The quantitative estimate of drug-likeness (QED) is 0.224. The molecule has 4 aromatic rings. The number of H-pyrrole nitrogens is 2. The van der Waals surface area contributed by atoms with Crippen molar-refractivity contribution in [2.75, 3.05) is 19.6 Å². The van der Waals surface area contributed by atoms with E-state index in [-0.39, 0.29) is 5.91 Å². The summed E-state index contributed by atoms with van der Waals surface area (Å²) in [5, 5.41) is 26.4. The van der Waals surface area contributed by atoms with E-state index in [9.17, 15) is 14.4 Å². The van der Waals surface area contributed by atoms with Crippen LogP contribution in [-0.4, -0.2) is 78.7 Å². The van der Waals surface area contributed by atoms with Gasteiger partial charge in [0.15, 0.2) is 0 Å². The Bertz CT molecular complexity index is 1560. The summed E-state index contributed by atoms with van der Waals surface area (Å²) < 4.78 is 0. The number of aryl methyl sites for hydroxylation is 2. The fraction of sp³-hybridized carbons (Fsp3) is 0.355. The summed E-state index contributed by atoms with van der Waals surface area (Å²) in [6, 6.07) is 11.0. The highest BCUT2D eigenvalue weighted by atomic mass is 32.1. The lowest BCUT2D eigenvalue weighted by Gasteiger charge is -2.38. The van der Waals surface area contributed by atoms with Crippen LogP contribution >= 0.6 is 11.3 Å². The van der Waals surface area contributed by atoms with E-state index < -0.39 is 11.9 Å². The van der Waals surface area contributed by atoms with Gasteiger partial charge in [0, 0.05) is 59.2 Å². The number of carbonyl (C=O) groups excluding carboxylic acids is 1. The molecule has 0 atom stereocenters. The standard InChI is InChI=1S/C27H31N5OS.C4H4O4/c1-2-31(17-21-6-4-14-34-21)20-10-12-32(13-11-20)27(33)18-8-9-24-23(15-18)22-7-3-5-19-16-28-30-25(19)26(22)29-24;5-3(6)1-2-4(7)8/h4,6,8-9,14-16,20,29H,2-3,5,7,10-13,17H2,1H3,(H,28,30);1-2H,(H,5,6)(H,7,8)/b;2-1+. The molecule has 4 heterocycles. The molecule has 220 valence electrons. The number of carboxylic acids is 2. The fourth-order valence-electron chi connectivity index (χ4n) is 5.89. The number of carboxylic acid groups (broad SMARTS) is 2. The maximum Gasteiger partial charge on any atom is 0.328 e.